The fourth-order valence-electron chi connectivity index (χ4n) is 1.98. The number of morpholine rings is 1. The first-order valence-corrected chi connectivity index (χ1v) is 6.18. The minimum atomic E-state index is -0.0369. The van der Waals surface area contributed by atoms with E-state index in [0.29, 0.717) is 39.4 Å². The molecule has 0 unspecified atom stereocenters. The van der Waals surface area contributed by atoms with E-state index < -0.39 is 0 Å². The molecule has 1 aromatic carbocycles. The smallest absolute Gasteiger partial charge is 0.317 e. The average Bonchev–Trinajstić information content (AvgIpc) is 2.46. The first-order chi connectivity index (χ1) is 8.81. The van der Waals surface area contributed by atoms with Gasteiger partial charge >= 0.3 is 6.03 Å². The maximum Gasteiger partial charge on any atom is 0.317 e. The van der Waals surface area contributed by atoms with Crippen molar-refractivity contribution in [2.45, 2.75) is 13.1 Å². The zero-order valence-electron chi connectivity index (χ0n) is 10.4. The maximum atomic E-state index is 11.9. The van der Waals surface area contributed by atoms with Crippen molar-refractivity contribution in [3.63, 3.8) is 0 Å². The van der Waals surface area contributed by atoms with Crippen molar-refractivity contribution in [1.82, 2.24) is 10.2 Å². The number of hydrogen-bond acceptors (Lipinski definition) is 3. The maximum absolute atomic E-state index is 11.9. The summed E-state index contributed by atoms with van der Waals surface area (Å²) in [6, 6.07) is 7.84. The van der Waals surface area contributed by atoms with Gasteiger partial charge in [-0.15, -0.1) is 0 Å². The number of ether oxygens (including phenoxy) is 1. The molecule has 1 saturated heterocycles. The Balaban J connectivity index is 1.88. The number of amides is 2. The Labute approximate surface area is 107 Å². The second-order valence-corrected chi connectivity index (χ2v) is 4.23. The number of nitrogens with zero attached hydrogens (tertiary/aromatic N) is 1. The number of carbonyl (C=O) groups excluding carboxylic acids is 1. The van der Waals surface area contributed by atoms with Gasteiger partial charge in [0, 0.05) is 26.2 Å². The predicted molar refractivity (Wildman–Crippen MR) is 69.0 cm³/mol. The van der Waals surface area contributed by atoms with Gasteiger partial charge in [0.05, 0.1) is 13.2 Å². The van der Waals surface area contributed by atoms with E-state index in [1.807, 2.05) is 24.3 Å². The highest BCUT2D eigenvalue weighted by molar-refractivity contribution is 5.74. The molecule has 0 atom stereocenters. The number of carbonyl (C=O) groups is 1. The Kier molecular flexibility index (Phi) is 4.55. The molecule has 98 valence electrons. The lowest BCUT2D eigenvalue weighted by Gasteiger charge is -2.27. The normalized spacial score (nSPS) is 15.5. The molecule has 5 heteroatoms. The monoisotopic (exact) mass is 249 g/mol. The summed E-state index contributed by atoms with van der Waals surface area (Å²) in [5.74, 6) is 0. The summed E-state index contributed by atoms with van der Waals surface area (Å²) in [5.41, 5.74) is 7.80. The topological polar surface area (TPSA) is 67.6 Å². The molecule has 1 fully saturated rings. The van der Waals surface area contributed by atoms with Crippen LogP contribution in [0.5, 0.6) is 0 Å². The Morgan fingerprint density at radius 3 is 2.61 bits per heavy atom. The molecule has 0 bridgehead atoms. The lowest BCUT2D eigenvalue weighted by atomic mass is 10.1. The molecule has 1 heterocycles. The summed E-state index contributed by atoms with van der Waals surface area (Å²) >= 11 is 0. The van der Waals surface area contributed by atoms with E-state index in [-0.39, 0.29) is 6.03 Å². The van der Waals surface area contributed by atoms with E-state index in [9.17, 15) is 4.79 Å². The molecule has 0 radical (unpaired) electrons. The van der Waals surface area contributed by atoms with Gasteiger partial charge in [-0.05, 0) is 11.1 Å². The molecule has 2 amide bonds. The van der Waals surface area contributed by atoms with Gasteiger partial charge in [0.15, 0.2) is 0 Å². The van der Waals surface area contributed by atoms with E-state index in [4.69, 9.17) is 10.5 Å². The lowest BCUT2D eigenvalue weighted by Crippen LogP contribution is -2.46. The van der Waals surface area contributed by atoms with Crippen LogP contribution in [0.15, 0.2) is 24.3 Å². The lowest BCUT2D eigenvalue weighted by molar-refractivity contribution is 0.0531. The van der Waals surface area contributed by atoms with Crippen LogP contribution in [0.2, 0.25) is 0 Å². The quantitative estimate of drug-likeness (QED) is 0.828. The van der Waals surface area contributed by atoms with E-state index in [1.54, 1.807) is 4.90 Å². The van der Waals surface area contributed by atoms with Crippen LogP contribution in [0, 0.1) is 0 Å². The van der Waals surface area contributed by atoms with Crippen molar-refractivity contribution < 1.29 is 9.53 Å². The van der Waals surface area contributed by atoms with Crippen molar-refractivity contribution in [3.05, 3.63) is 35.4 Å². The van der Waals surface area contributed by atoms with Crippen molar-refractivity contribution >= 4 is 6.03 Å². The van der Waals surface area contributed by atoms with E-state index in [1.165, 1.54) is 0 Å². The van der Waals surface area contributed by atoms with Crippen LogP contribution in [0.3, 0.4) is 0 Å². The van der Waals surface area contributed by atoms with E-state index >= 15 is 0 Å². The van der Waals surface area contributed by atoms with Gasteiger partial charge in [-0.1, -0.05) is 24.3 Å². The first-order valence-electron chi connectivity index (χ1n) is 6.18. The van der Waals surface area contributed by atoms with Gasteiger partial charge < -0.3 is 20.7 Å². The second kappa shape index (κ2) is 6.37. The highest BCUT2D eigenvalue weighted by atomic mass is 16.5. The molecule has 0 saturated carbocycles. The van der Waals surface area contributed by atoms with Gasteiger partial charge in [0.2, 0.25) is 0 Å². The van der Waals surface area contributed by atoms with Gasteiger partial charge in [0.1, 0.15) is 0 Å². The average molecular weight is 249 g/mol. The second-order valence-electron chi connectivity index (χ2n) is 4.23. The van der Waals surface area contributed by atoms with Crippen LogP contribution in [-0.2, 0) is 17.8 Å². The zero-order valence-corrected chi connectivity index (χ0v) is 10.4. The number of nitrogens with one attached hydrogen (secondary N) is 1. The summed E-state index contributed by atoms with van der Waals surface area (Å²) < 4.78 is 5.21. The van der Waals surface area contributed by atoms with Gasteiger partial charge in [0.25, 0.3) is 0 Å². The zero-order chi connectivity index (χ0) is 12.8. The van der Waals surface area contributed by atoms with Crippen LogP contribution in [0.1, 0.15) is 11.1 Å². The van der Waals surface area contributed by atoms with E-state index in [2.05, 4.69) is 5.32 Å². The summed E-state index contributed by atoms with van der Waals surface area (Å²) in [4.78, 5) is 13.7. The van der Waals surface area contributed by atoms with Crippen LogP contribution < -0.4 is 11.1 Å². The number of hydrogen-bond donors (Lipinski definition) is 2. The Bertz CT molecular complexity index is 403. The van der Waals surface area contributed by atoms with Crippen LogP contribution in [-0.4, -0.2) is 37.2 Å². The van der Waals surface area contributed by atoms with Crippen molar-refractivity contribution in [3.8, 4) is 0 Å². The molecular weight excluding hydrogens is 230 g/mol. The highest BCUT2D eigenvalue weighted by Crippen LogP contribution is 2.07. The number of benzene rings is 1. The molecule has 5 nitrogen and oxygen atoms in total. The fourth-order valence-corrected chi connectivity index (χ4v) is 1.98. The molecule has 1 aromatic rings. The van der Waals surface area contributed by atoms with Gasteiger partial charge in [-0.25, -0.2) is 4.79 Å². The minimum absolute atomic E-state index is 0.0369. The first kappa shape index (κ1) is 12.9. The predicted octanol–water partition coefficient (Wildman–Crippen LogP) is 0.687. The Morgan fingerprint density at radius 2 is 1.94 bits per heavy atom. The van der Waals surface area contributed by atoms with Gasteiger partial charge in [-0.2, -0.15) is 0 Å². The number of nitrogens with two attached hydrogens (primary N) is 1. The fraction of sp³-hybridized carbons (Fsp3) is 0.462. The minimum Gasteiger partial charge on any atom is -0.378 e. The van der Waals surface area contributed by atoms with Crippen LogP contribution >= 0.6 is 0 Å². The SMILES string of the molecule is NCc1ccccc1CNC(=O)N1CCOCC1. The summed E-state index contributed by atoms with van der Waals surface area (Å²) in [7, 11) is 0. The third kappa shape index (κ3) is 3.21. The number of urea groups is 1. The van der Waals surface area contributed by atoms with Crippen LogP contribution in [0.4, 0.5) is 4.79 Å². The Hall–Kier alpha value is -1.59. The third-order valence-corrected chi connectivity index (χ3v) is 3.07. The summed E-state index contributed by atoms with van der Waals surface area (Å²) in [5, 5.41) is 2.92. The standard InChI is InChI=1S/C13H19N3O2/c14-9-11-3-1-2-4-12(11)10-15-13(17)16-5-7-18-8-6-16/h1-4H,5-10,14H2,(H,15,17). The molecule has 1 aliphatic rings. The molecule has 0 aliphatic carbocycles. The molecule has 0 aromatic heterocycles. The number of rotatable bonds is 3. The van der Waals surface area contributed by atoms with E-state index in [0.717, 1.165) is 11.1 Å². The molecule has 0 spiro atoms. The van der Waals surface area contributed by atoms with Gasteiger partial charge in [-0.3, -0.25) is 0 Å². The highest BCUT2D eigenvalue weighted by Gasteiger charge is 2.16. The Morgan fingerprint density at radius 1 is 1.28 bits per heavy atom. The largest absolute Gasteiger partial charge is 0.378 e. The summed E-state index contributed by atoms with van der Waals surface area (Å²) in [6.45, 7) is 3.56. The van der Waals surface area contributed by atoms with Crippen molar-refractivity contribution in [2.75, 3.05) is 26.3 Å². The van der Waals surface area contributed by atoms with Crippen molar-refractivity contribution in [2.24, 2.45) is 5.73 Å². The summed E-state index contributed by atoms with van der Waals surface area (Å²) in [6.07, 6.45) is 0. The molecular formula is C13H19N3O2. The van der Waals surface area contributed by atoms with Crippen molar-refractivity contribution in [1.29, 1.82) is 0 Å². The molecule has 1 aliphatic heterocycles. The van der Waals surface area contributed by atoms with Crippen LogP contribution in [0.25, 0.3) is 0 Å². The molecule has 3 N–H and O–H groups in total. The molecule has 2 rings (SSSR count). The molecule has 18 heavy (non-hydrogen) atoms. The third-order valence-electron chi connectivity index (χ3n) is 3.07.